The quantitative estimate of drug-likeness (QED) is 0.348. The first-order chi connectivity index (χ1) is 8.77. The maximum absolute atomic E-state index is 4.51. The van der Waals surface area contributed by atoms with E-state index in [9.17, 15) is 0 Å². The topological polar surface area (TPSA) is 49.3 Å². The van der Waals surface area contributed by atoms with Crippen LogP contribution in [0, 0.1) is 6.92 Å². The third-order valence-electron chi connectivity index (χ3n) is 2.55. The van der Waals surface area contributed by atoms with Crippen molar-refractivity contribution in [3.05, 3.63) is 42.2 Å². The van der Waals surface area contributed by atoms with Gasteiger partial charge in [0.05, 0.1) is 0 Å². The maximum Gasteiger partial charge on any atom is 0.191 e. The average Bonchev–Trinajstić information content (AvgIpc) is 2.38. The van der Waals surface area contributed by atoms with Gasteiger partial charge >= 0.3 is 0 Å². The summed E-state index contributed by atoms with van der Waals surface area (Å²) in [6.07, 6.45) is 6.46. The van der Waals surface area contributed by atoms with Gasteiger partial charge in [-0.05, 0) is 37.5 Å². The molecule has 0 aromatic carbocycles. The van der Waals surface area contributed by atoms with Gasteiger partial charge in [0.2, 0.25) is 0 Å². The number of aromatic nitrogens is 1. The molecule has 0 spiro atoms. The standard InChI is InChI=1S/C14H22N4.HI/c1-4-8-17-14(16-5-2)18-10-7-13-6-9-15-11-12(13)3;/h4,6,9,11H,1,5,7-8,10H2,2-3H3,(H2,16,17,18);1H. The number of aliphatic imine (C=N–C) groups is 1. The minimum atomic E-state index is 0. The van der Waals surface area contributed by atoms with Crippen molar-refractivity contribution < 1.29 is 0 Å². The van der Waals surface area contributed by atoms with Crippen LogP contribution in [-0.2, 0) is 6.42 Å². The van der Waals surface area contributed by atoms with Gasteiger partial charge in [-0.2, -0.15) is 0 Å². The van der Waals surface area contributed by atoms with Gasteiger partial charge in [-0.1, -0.05) is 6.08 Å². The Labute approximate surface area is 132 Å². The molecule has 0 bridgehead atoms. The summed E-state index contributed by atoms with van der Waals surface area (Å²) >= 11 is 0. The zero-order valence-electron chi connectivity index (χ0n) is 11.6. The normalized spacial score (nSPS) is 10.5. The van der Waals surface area contributed by atoms with Crippen LogP contribution in [0.2, 0.25) is 0 Å². The monoisotopic (exact) mass is 374 g/mol. The molecule has 0 aliphatic heterocycles. The minimum absolute atomic E-state index is 0. The first-order valence-electron chi connectivity index (χ1n) is 6.30. The molecule has 0 aliphatic carbocycles. The van der Waals surface area contributed by atoms with Gasteiger partial charge in [-0.25, -0.2) is 0 Å². The average molecular weight is 374 g/mol. The van der Waals surface area contributed by atoms with Crippen LogP contribution >= 0.6 is 24.0 Å². The molecule has 2 N–H and O–H groups in total. The van der Waals surface area contributed by atoms with E-state index < -0.39 is 0 Å². The third-order valence-corrected chi connectivity index (χ3v) is 2.55. The smallest absolute Gasteiger partial charge is 0.191 e. The SMILES string of the molecule is C=CCNC(=NCCc1ccncc1C)NCC.I. The van der Waals surface area contributed by atoms with Crippen molar-refractivity contribution >= 4 is 29.9 Å². The Morgan fingerprint density at radius 2 is 2.26 bits per heavy atom. The summed E-state index contributed by atoms with van der Waals surface area (Å²) in [6, 6.07) is 2.05. The molecule has 0 atom stereocenters. The molecule has 0 radical (unpaired) electrons. The summed E-state index contributed by atoms with van der Waals surface area (Å²) in [5, 5.41) is 6.38. The third kappa shape index (κ3) is 7.15. The highest BCUT2D eigenvalue weighted by atomic mass is 127. The highest BCUT2D eigenvalue weighted by Gasteiger charge is 1.98. The molecule has 1 heterocycles. The van der Waals surface area contributed by atoms with Gasteiger partial charge in [0.1, 0.15) is 0 Å². The number of hydrogen-bond donors (Lipinski definition) is 2. The van der Waals surface area contributed by atoms with Gasteiger partial charge in [0.25, 0.3) is 0 Å². The van der Waals surface area contributed by atoms with Crippen molar-refractivity contribution in [2.75, 3.05) is 19.6 Å². The number of halogens is 1. The van der Waals surface area contributed by atoms with Crippen LogP contribution in [0.3, 0.4) is 0 Å². The number of pyridine rings is 1. The molecule has 19 heavy (non-hydrogen) atoms. The highest BCUT2D eigenvalue weighted by molar-refractivity contribution is 14.0. The summed E-state index contributed by atoms with van der Waals surface area (Å²) in [5.74, 6) is 0.837. The predicted molar refractivity (Wildman–Crippen MR) is 92.3 cm³/mol. The molecular formula is C14H23IN4. The maximum atomic E-state index is 4.51. The van der Waals surface area contributed by atoms with Crippen LogP contribution in [0.15, 0.2) is 36.1 Å². The van der Waals surface area contributed by atoms with Gasteiger partial charge in [-0.15, -0.1) is 30.6 Å². The lowest BCUT2D eigenvalue weighted by Gasteiger charge is -2.09. The van der Waals surface area contributed by atoms with E-state index in [0.29, 0.717) is 0 Å². The number of rotatable bonds is 6. The molecule has 0 aliphatic rings. The molecule has 106 valence electrons. The Morgan fingerprint density at radius 1 is 1.47 bits per heavy atom. The molecule has 0 amide bonds. The van der Waals surface area contributed by atoms with Crippen LogP contribution < -0.4 is 10.6 Å². The largest absolute Gasteiger partial charge is 0.357 e. The summed E-state index contributed by atoms with van der Waals surface area (Å²) in [5.41, 5.74) is 2.52. The van der Waals surface area contributed by atoms with Crippen molar-refractivity contribution in [2.24, 2.45) is 4.99 Å². The second-order valence-electron chi connectivity index (χ2n) is 3.98. The second-order valence-corrected chi connectivity index (χ2v) is 3.98. The van der Waals surface area contributed by atoms with Crippen molar-refractivity contribution in [3.8, 4) is 0 Å². The summed E-state index contributed by atoms with van der Waals surface area (Å²) < 4.78 is 0. The Balaban J connectivity index is 0.00000324. The van der Waals surface area contributed by atoms with E-state index >= 15 is 0 Å². The van der Waals surface area contributed by atoms with Gasteiger partial charge < -0.3 is 10.6 Å². The van der Waals surface area contributed by atoms with E-state index in [2.05, 4.69) is 47.1 Å². The van der Waals surface area contributed by atoms with Gasteiger partial charge in [0, 0.05) is 32.0 Å². The molecule has 4 nitrogen and oxygen atoms in total. The second kappa shape index (κ2) is 10.8. The fraction of sp³-hybridized carbons (Fsp3) is 0.429. The zero-order chi connectivity index (χ0) is 13.2. The highest BCUT2D eigenvalue weighted by Crippen LogP contribution is 2.05. The van der Waals surface area contributed by atoms with E-state index in [4.69, 9.17) is 0 Å². The molecule has 5 heteroatoms. The number of nitrogens with zero attached hydrogens (tertiary/aromatic N) is 2. The van der Waals surface area contributed by atoms with Crippen LogP contribution in [0.25, 0.3) is 0 Å². The lowest BCUT2D eigenvalue weighted by atomic mass is 10.1. The van der Waals surface area contributed by atoms with Crippen molar-refractivity contribution in [1.29, 1.82) is 0 Å². The lowest BCUT2D eigenvalue weighted by Crippen LogP contribution is -2.37. The predicted octanol–water partition coefficient (Wildman–Crippen LogP) is 2.29. The van der Waals surface area contributed by atoms with E-state index in [1.54, 1.807) is 0 Å². The number of guanidine groups is 1. The van der Waals surface area contributed by atoms with Crippen LogP contribution in [0.1, 0.15) is 18.1 Å². The number of nitrogens with one attached hydrogen (secondary N) is 2. The summed E-state index contributed by atoms with van der Waals surface area (Å²) in [7, 11) is 0. The molecular weight excluding hydrogens is 351 g/mol. The molecule has 0 fully saturated rings. The van der Waals surface area contributed by atoms with E-state index in [0.717, 1.165) is 32.0 Å². The first-order valence-corrected chi connectivity index (χ1v) is 6.30. The summed E-state index contributed by atoms with van der Waals surface area (Å²) in [6.45, 7) is 10.2. The molecule has 1 aromatic heterocycles. The summed E-state index contributed by atoms with van der Waals surface area (Å²) in [4.78, 5) is 8.60. The minimum Gasteiger partial charge on any atom is -0.357 e. The zero-order valence-corrected chi connectivity index (χ0v) is 14.0. The Bertz CT molecular complexity index is 404. The van der Waals surface area contributed by atoms with Gasteiger partial charge in [0.15, 0.2) is 5.96 Å². The lowest BCUT2D eigenvalue weighted by molar-refractivity contribution is 0.849. The first kappa shape index (κ1) is 17.9. The Morgan fingerprint density at radius 3 is 2.89 bits per heavy atom. The number of hydrogen-bond acceptors (Lipinski definition) is 2. The molecule has 0 unspecified atom stereocenters. The Hall–Kier alpha value is -1.11. The van der Waals surface area contributed by atoms with Crippen LogP contribution in [0.5, 0.6) is 0 Å². The van der Waals surface area contributed by atoms with Crippen LogP contribution in [0.4, 0.5) is 0 Å². The fourth-order valence-electron chi connectivity index (χ4n) is 1.58. The van der Waals surface area contributed by atoms with Crippen molar-refractivity contribution in [2.45, 2.75) is 20.3 Å². The molecule has 0 saturated heterocycles. The van der Waals surface area contributed by atoms with Gasteiger partial charge in [-0.3, -0.25) is 9.98 Å². The molecule has 1 aromatic rings. The van der Waals surface area contributed by atoms with E-state index in [-0.39, 0.29) is 24.0 Å². The molecule has 0 saturated carbocycles. The van der Waals surface area contributed by atoms with E-state index in [1.165, 1.54) is 11.1 Å². The number of aryl methyl sites for hydroxylation is 1. The van der Waals surface area contributed by atoms with Crippen LogP contribution in [-0.4, -0.2) is 30.6 Å². The Kier molecular flexibility index (Phi) is 10.1. The fourth-order valence-corrected chi connectivity index (χ4v) is 1.58. The van der Waals surface area contributed by atoms with Crippen molar-refractivity contribution in [1.82, 2.24) is 15.6 Å². The van der Waals surface area contributed by atoms with Crippen molar-refractivity contribution in [3.63, 3.8) is 0 Å². The molecule has 1 rings (SSSR count). The van der Waals surface area contributed by atoms with E-state index in [1.807, 2.05) is 18.5 Å².